The van der Waals surface area contributed by atoms with Crippen molar-refractivity contribution >= 4 is 28.3 Å². The van der Waals surface area contributed by atoms with Gasteiger partial charge in [0, 0.05) is 17.5 Å². The summed E-state index contributed by atoms with van der Waals surface area (Å²) in [5.41, 5.74) is 2.88. The van der Waals surface area contributed by atoms with Gasteiger partial charge in [0.1, 0.15) is 0 Å². The summed E-state index contributed by atoms with van der Waals surface area (Å²) in [7, 11) is 4.85. The summed E-state index contributed by atoms with van der Waals surface area (Å²) in [6, 6.07) is 12.2. The first-order valence-electron chi connectivity index (χ1n) is 10.2. The average Bonchev–Trinajstić information content (AvgIpc) is 3.11. The molecular formula is C24H25N3O4S. The van der Waals surface area contributed by atoms with Gasteiger partial charge in [0.25, 0.3) is 5.91 Å². The first-order chi connectivity index (χ1) is 15.3. The fourth-order valence-electron chi connectivity index (χ4n) is 4.12. The van der Waals surface area contributed by atoms with Crippen LogP contribution in [0.4, 0.5) is 5.13 Å². The van der Waals surface area contributed by atoms with E-state index in [0.29, 0.717) is 27.8 Å². The number of ether oxygens (including phenoxy) is 2. The fourth-order valence-corrected chi connectivity index (χ4v) is 4.94. The van der Waals surface area contributed by atoms with Crippen LogP contribution in [-0.4, -0.2) is 43.0 Å². The van der Waals surface area contributed by atoms with E-state index >= 15 is 0 Å². The van der Waals surface area contributed by atoms with E-state index in [9.17, 15) is 9.59 Å². The third-order valence-electron chi connectivity index (χ3n) is 5.87. The van der Waals surface area contributed by atoms with Crippen LogP contribution in [0.15, 0.2) is 42.5 Å². The molecule has 4 rings (SSSR count). The van der Waals surface area contributed by atoms with Crippen LogP contribution in [0, 0.1) is 13.8 Å². The van der Waals surface area contributed by atoms with Gasteiger partial charge in [-0.1, -0.05) is 24.3 Å². The van der Waals surface area contributed by atoms with Crippen LogP contribution < -0.4 is 14.8 Å². The molecular weight excluding hydrogens is 426 g/mol. The van der Waals surface area contributed by atoms with Crippen molar-refractivity contribution < 1.29 is 19.1 Å². The number of hydrogen-bond donors (Lipinski definition) is 1. The lowest BCUT2D eigenvalue weighted by Crippen LogP contribution is -2.44. The molecule has 0 spiro atoms. The molecule has 1 aliphatic rings. The van der Waals surface area contributed by atoms with Crippen LogP contribution in [-0.2, 0) is 4.79 Å². The minimum Gasteiger partial charge on any atom is -0.493 e. The van der Waals surface area contributed by atoms with Crippen molar-refractivity contribution in [2.45, 2.75) is 25.8 Å². The van der Waals surface area contributed by atoms with Crippen molar-refractivity contribution in [2.24, 2.45) is 0 Å². The zero-order chi connectivity index (χ0) is 23.0. The Balaban J connectivity index is 1.82. The van der Waals surface area contributed by atoms with Crippen LogP contribution >= 0.6 is 11.3 Å². The molecule has 0 fully saturated rings. The highest BCUT2D eigenvalue weighted by molar-refractivity contribution is 7.15. The number of nitrogens with one attached hydrogen (secondary N) is 1. The number of thiazole rings is 1. The standard InChI is InChI=1S/C24H25N3O4S/c1-13-14(2)32-24(25-13)26-22(28)20-16-8-6-7-9-17(16)23(29)27(3)21(20)15-10-11-18(30-4)19(12-15)31-5/h6-12,20-21H,1-5H3,(H,25,26,28)/t20-,21+/m1/s1. The van der Waals surface area contributed by atoms with Crippen molar-refractivity contribution in [1.29, 1.82) is 0 Å². The molecule has 0 saturated heterocycles. The molecule has 32 heavy (non-hydrogen) atoms. The van der Waals surface area contributed by atoms with Gasteiger partial charge >= 0.3 is 0 Å². The van der Waals surface area contributed by atoms with E-state index in [1.165, 1.54) is 11.3 Å². The molecule has 0 unspecified atom stereocenters. The fraction of sp³-hybridized carbons (Fsp3) is 0.292. The molecule has 3 aromatic rings. The lowest BCUT2D eigenvalue weighted by atomic mass is 9.79. The number of carbonyl (C=O) groups is 2. The first-order valence-corrected chi connectivity index (χ1v) is 11.0. The largest absolute Gasteiger partial charge is 0.493 e. The van der Waals surface area contributed by atoms with Crippen molar-refractivity contribution in [3.05, 3.63) is 69.7 Å². The zero-order valence-electron chi connectivity index (χ0n) is 18.6. The van der Waals surface area contributed by atoms with Crippen LogP contribution in [0.1, 0.15) is 44.0 Å². The molecule has 7 nitrogen and oxygen atoms in total. The average molecular weight is 452 g/mol. The number of amides is 2. The third kappa shape index (κ3) is 3.71. The van der Waals surface area contributed by atoms with E-state index in [0.717, 1.165) is 16.1 Å². The number of benzene rings is 2. The summed E-state index contributed by atoms with van der Waals surface area (Å²) >= 11 is 1.44. The SMILES string of the molecule is COc1ccc([C@H]2[C@H](C(=O)Nc3nc(C)c(C)s3)c3ccccc3C(=O)N2C)cc1OC. The van der Waals surface area contributed by atoms with Crippen LogP contribution in [0.3, 0.4) is 0 Å². The predicted molar refractivity (Wildman–Crippen MR) is 124 cm³/mol. The minimum atomic E-state index is -0.628. The first kappa shape index (κ1) is 21.8. The van der Waals surface area contributed by atoms with Gasteiger partial charge in [-0.25, -0.2) is 4.98 Å². The Morgan fingerprint density at radius 3 is 2.47 bits per heavy atom. The van der Waals surface area contributed by atoms with Gasteiger partial charge in [-0.2, -0.15) is 0 Å². The summed E-state index contributed by atoms with van der Waals surface area (Å²) in [4.78, 5) is 33.9. The molecule has 8 heteroatoms. The number of hydrogen-bond acceptors (Lipinski definition) is 6. The van der Waals surface area contributed by atoms with Gasteiger partial charge in [0.05, 0.1) is 31.9 Å². The quantitative estimate of drug-likeness (QED) is 0.625. The van der Waals surface area contributed by atoms with E-state index in [1.54, 1.807) is 38.3 Å². The van der Waals surface area contributed by atoms with Gasteiger partial charge in [-0.3, -0.25) is 9.59 Å². The van der Waals surface area contributed by atoms with E-state index < -0.39 is 12.0 Å². The highest BCUT2D eigenvalue weighted by atomic mass is 32.1. The Labute approximate surface area is 191 Å². The Hall–Kier alpha value is -3.39. The number of likely N-dealkylation sites (N-methyl/N-ethyl adjacent to an activating group) is 1. The number of aromatic nitrogens is 1. The van der Waals surface area contributed by atoms with E-state index in [1.807, 2.05) is 44.2 Å². The van der Waals surface area contributed by atoms with Crippen molar-refractivity contribution in [1.82, 2.24) is 9.88 Å². The number of carbonyl (C=O) groups excluding carboxylic acids is 2. The van der Waals surface area contributed by atoms with Crippen LogP contribution in [0.5, 0.6) is 11.5 Å². The van der Waals surface area contributed by atoms with Crippen molar-refractivity contribution in [2.75, 3.05) is 26.6 Å². The maximum atomic E-state index is 13.6. The second-order valence-corrected chi connectivity index (χ2v) is 8.89. The van der Waals surface area contributed by atoms with Gasteiger partial charge in [-0.15, -0.1) is 11.3 Å². The third-order valence-corrected chi connectivity index (χ3v) is 6.86. The minimum absolute atomic E-state index is 0.134. The number of nitrogens with zero attached hydrogens (tertiary/aromatic N) is 2. The number of anilines is 1. The molecule has 1 aromatic heterocycles. The lowest BCUT2D eigenvalue weighted by molar-refractivity contribution is -0.119. The van der Waals surface area contributed by atoms with Crippen molar-refractivity contribution in [3.63, 3.8) is 0 Å². The van der Waals surface area contributed by atoms with Crippen LogP contribution in [0.2, 0.25) is 0 Å². The topological polar surface area (TPSA) is 80.8 Å². The summed E-state index contributed by atoms with van der Waals surface area (Å²) in [6.45, 7) is 3.88. The Morgan fingerprint density at radius 1 is 1.09 bits per heavy atom. The molecule has 0 saturated carbocycles. The van der Waals surface area contributed by atoms with Gasteiger partial charge in [0.15, 0.2) is 16.6 Å². The molecule has 2 amide bonds. The number of rotatable bonds is 5. The summed E-state index contributed by atoms with van der Waals surface area (Å²) in [6.07, 6.45) is 0. The molecule has 0 bridgehead atoms. The maximum absolute atomic E-state index is 13.6. The smallest absolute Gasteiger partial charge is 0.254 e. The zero-order valence-corrected chi connectivity index (χ0v) is 19.4. The van der Waals surface area contributed by atoms with Gasteiger partial charge in [0.2, 0.25) is 5.91 Å². The second-order valence-electron chi connectivity index (χ2n) is 7.69. The highest BCUT2D eigenvalue weighted by Crippen LogP contribution is 2.44. The summed E-state index contributed by atoms with van der Waals surface area (Å²) in [5, 5.41) is 3.52. The molecule has 2 heterocycles. The van der Waals surface area contributed by atoms with E-state index in [-0.39, 0.29) is 11.8 Å². The predicted octanol–water partition coefficient (Wildman–Crippen LogP) is 4.33. The van der Waals surface area contributed by atoms with Crippen molar-refractivity contribution in [3.8, 4) is 11.5 Å². The normalized spacial score (nSPS) is 17.7. The van der Waals surface area contributed by atoms with E-state index in [2.05, 4.69) is 10.3 Å². The van der Waals surface area contributed by atoms with Crippen LogP contribution in [0.25, 0.3) is 0 Å². The molecule has 2 aromatic carbocycles. The van der Waals surface area contributed by atoms with Gasteiger partial charge < -0.3 is 19.7 Å². The summed E-state index contributed by atoms with van der Waals surface area (Å²) in [5.74, 6) is 0.137. The second kappa shape index (κ2) is 8.63. The number of methoxy groups -OCH3 is 2. The number of aryl methyl sites for hydroxylation is 2. The number of fused-ring (bicyclic) bond motifs is 1. The molecule has 2 atom stereocenters. The Morgan fingerprint density at radius 2 is 1.81 bits per heavy atom. The molecule has 0 radical (unpaired) electrons. The summed E-state index contributed by atoms with van der Waals surface area (Å²) < 4.78 is 10.8. The monoisotopic (exact) mass is 451 g/mol. The van der Waals surface area contributed by atoms with Gasteiger partial charge in [-0.05, 0) is 43.2 Å². The maximum Gasteiger partial charge on any atom is 0.254 e. The van der Waals surface area contributed by atoms with E-state index in [4.69, 9.17) is 9.47 Å². The molecule has 1 aliphatic heterocycles. The molecule has 166 valence electrons. The Kier molecular flexibility index (Phi) is 5.88. The lowest BCUT2D eigenvalue weighted by Gasteiger charge is -2.39. The molecule has 1 N–H and O–H groups in total. The molecule has 0 aliphatic carbocycles. The Bertz CT molecular complexity index is 1170. The highest BCUT2D eigenvalue weighted by Gasteiger charge is 2.43.